The molecule has 0 spiro atoms. The normalized spacial score (nSPS) is 21.3. The monoisotopic (exact) mass is 377 g/mol. The summed E-state index contributed by atoms with van der Waals surface area (Å²) in [5.74, 6) is -1.65. The Balaban J connectivity index is 1.43. The Labute approximate surface area is 152 Å². The zero-order valence-corrected chi connectivity index (χ0v) is 14.2. The number of amides is 3. The van der Waals surface area contributed by atoms with Crippen LogP contribution in [0, 0.1) is 11.6 Å². The van der Waals surface area contributed by atoms with Crippen molar-refractivity contribution in [3.8, 4) is 0 Å². The van der Waals surface area contributed by atoms with Gasteiger partial charge in [-0.25, -0.2) is 18.5 Å². The topological polar surface area (TPSA) is 114 Å². The molecule has 0 radical (unpaired) electrons. The van der Waals surface area contributed by atoms with Gasteiger partial charge in [0.15, 0.2) is 5.82 Å². The zero-order chi connectivity index (χ0) is 19.2. The van der Waals surface area contributed by atoms with E-state index in [0.717, 1.165) is 31.4 Å². The van der Waals surface area contributed by atoms with Crippen LogP contribution in [-0.2, 0) is 16.8 Å². The summed E-state index contributed by atoms with van der Waals surface area (Å²) in [6.45, 7) is 0. The Morgan fingerprint density at radius 1 is 1.33 bits per heavy atom. The predicted octanol–water partition coefficient (Wildman–Crippen LogP) is 1.74. The molecule has 1 unspecified atom stereocenters. The summed E-state index contributed by atoms with van der Waals surface area (Å²) >= 11 is 0. The van der Waals surface area contributed by atoms with Crippen LogP contribution in [0.2, 0.25) is 0 Å². The highest BCUT2D eigenvalue weighted by Crippen LogP contribution is 2.37. The molecular formula is C17H17F2N5O3. The van der Waals surface area contributed by atoms with E-state index in [1.165, 1.54) is 0 Å². The lowest BCUT2D eigenvalue weighted by atomic mass is 9.77. The van der Waals surface area contributed by atoms with Gasteiger partial charge in [-0.05, 0) is 37.8 Å². The first kappa shape index (κ1) is 17.5. The van der Waals surface area contributed by atoms with Crippen LogP contribution >= 0.6 is 0 Å². The van der Waals surface area contributed by atoms with Crippen molar-refractivity contribution in [2.24, 2.45) is 5.73 Å². The molecule has 1 atom stereocenters. The van der Waals surface area contributed by atoms with E-state index in [2.05, 4.69) is 15.5 Å². The van der Waals surface area contributed by atoms with Gasteiger partial charge in [0.05, 0.1) is 11.2 Å². The van der Waals surface area contributed by atoms with E-state index < -0.39 is 35.2 Å². The number of carbonyl (C=O) groups is 2. The molecule has 4 rings (SSSR count). The SMILES string of the molecule is NC1(c2noc(CCC3NC(=O)N(c4ccc(F)cc4F)C3=O)n2)CCC1. The summed E-state index contributed by atoms with van der Waals surface area (Å²) in [5.41, 5.74) is 5.30. The maximum atomic E-state index is 13.9. The van der Waals surface area contributed by atoms with Crippen molar-refractivity contribution < 1.29 is 22.9 Å². The van der Waals surface area contributed by atoms with Gasteiger partial charge in [-0.3, -0.25) is 4.79 Å². The third kappa shape index (κ3) is 3.05. The Morgan fingerprint density at radius 3 is 2.78 bits per heavy atom. The maximum Gasteiger partial charge on any atom is 0.329 e. The fourth-order valence-corrected chi connectivity index (χ4v) is 3.23. The molecule has 2 fully saturated rings. The van der Waals surface area contributed by atoms with Crippen molar-refractivity contribution >= 4 is 17.6 Å². The third-order valence-corrected chi connectivity index (χ3v) is 4.98. The van der Waals surface area contributed by atoms with Gasteiger partial charge in [0.2, 0.25) is 5.89 Å². The van der Waals surface area contributed by atoms with Crippen LogP contribution in [0.1, 0.15) is 37.4 Å². The number of halogens is 2. The van der Waals surface area contributed by atoms with Crippen LogP contribution in [0.3, 0.4) is 0 Å². The van der Waals surface area contributed by atoms with E-state index in [0.29, 0.717) is 22.7 Å². The second-order valence-electron chi connectivity index (χ2n) is 6.83. The van der Waals surface area contributed by atoms with E-state index in [9.17, 15) is 18.4 Å². The number of nitrogens with one attached hydrogen (secondary N) is 1. The van der Waals surface area contributed by atoms with Crippen molar-refractivity contribution in [2.45, 2.75) is 43.7 Å². The highest BCUT2D eigenvalue weighted by molar-refractivity contribution is 6.21. The van der Waals surface area contributed by atoms with Gasteiger partial charge in [0.25, 0.3) is 5.91 Å². The van der Waals surface area contributed by atoms with E-state index in [4.69, 9.17) is 10.3 Å². The van der Waals surface area contributed by atoms with Gasteiger partial charge in [0.1, 0.15) is 17.7 Å². The minimum absolute atomic E-state index is 0.198. The zero-order valence-electron chi connectivity index (χ0n) is 14.2. The number of benzene rings is 1. The molecule has 27 heavy (non-hydrogen) atoms. The number of rotatable bonds is 5. The second kappa shape index (κ2) is 6.38. The van der Waals surface area contributed by atoms with Crippen molar-refractivity contribution in [2.75, 3.05) is 4.90 Å². The van der Waals surface area contributed by atoms with Crippen LogP contribution in [0.4, 0.5) is 19.3 Å². The number of urea groups is 1. The molecular weight excluding hydrogens is 360 g/mol. The minimum atomic E-state index is -0.991. The average Bonchev–Trinajstić information content (AvgIpc) is 3.17. The molecule has 3 amide bonds. The first-order valence-corrected chi connectivity index (χ1v) is 8.59. The molecule has 1 aromatic heterocycles. The number of aromatic nitrogens is 2. The fourth-order valence-electron chi connectivity index (χ4n) is 3.23. The number of anilines is 1. The summed E-state index contributed by atoms with van der Waals surface area (Å²) in [4.78, 5) is 29.5. The van der Waals surface area contributed by atoms with Crippen molar-refractivity contribution in [1.82, 2.24) is 15.5 Å². The van der Waals surface area contributed by atoms with E-state index in [1.807, 2.05) is 0 Å². The predicted molar refractivity (Wildman–Crippen MR) is 88.5 cm³/mol. The molecule has 0 bridgehead atoms. The fraction of sp³-hybridized carbons (Fsp3) is 0.412. The molecule has 2 aromatic rings. The second-order valence-corrected chi connectivity index (χ2v) is 6.83. The van der Waals surface area contributed by atoms with E-state index in [1.54, 1.807) is 0 Å². The summed E-state index contributed by atoms with van der Waals surface area (Å²) in [6, 6.07) is 1.01. The summed E-state index contributed by atoms with van der Waals surface area (Å²) in [7, 11) is 0. The standard InChI is InChI=1S/C17H17F2N5O3/c18-9-2-4-12(10(19)8-9)24-14(25)11(21-16(24)26)3-5-13-22-15(23-27-13)17(20)6-1-7-17/h2,4,8,11H,1,3,5-7,20H2,(H,21,26). The Hall–Kier alpha value is -2.88. The largest absolute Gasteiger partial charge is 0.339 e. The first-order chi connectivity index (χ1) is 12.9. The van der Waals surface area contributed by atoms with Gasteiger partial charge >= 0.3 is 6.03 Å². The quantitative estimate of drug-likeness (QED) is 0.767. The molecule has 8 nitrogen and oxygen atoms in total. The first-order valence-electron chi connectivity index (χ1n) is 8.59. The lowest BCUT2D eigenvalue weighted by molar-refractivity contribution is -0.118. The summed E-state index contributed by atoms with van der Waals surface area (Å²) in [5, 5.41) is 6.38. The number of hydrogen-bond acceptors (Lipinski definition) is 6. The number of nitrogens with zero attached hydrogens (tertiary/aromatic N) is 3. The highest BCUT2D eigenvalue weighted by Gasteiger charge is 2.41. The lowest BCUT2D eigenvalue weighted by Crippen LogP contribution is -2.44. The van der Waals surface area contributed by atoms with Gasteiger partial charge in [-0.1, -0.05) is 5.16 Å². The Bertz CT molecular complexity index is 912. The summed E-state index contributed by atoms with van der Waals surface area (Å²) in [6.07, 6.45) is 3.05. The highest BCUT2D eigenvalue weighted by atomic mass is 19.1. The number of nitrogens with two attached hydrogens (primary N) is 1. The molecule has 3 N–H and O–H groups in total. The van der Waals surface area contributed by atoms with Crippen molar-refractivity contribution in [3.63, 3.8) is 0 Å². The number of carbonyl (C=O) groups excluding carboxylic acids is 2. The lowest BCUT2D eigenvalue weighted by Gasteiger charge is -2.34. The van der Waals surface area contributed by atoms with E-state index >= 15 is 0 Å². The van der Waals surface area contributed by atoms with Crippen LogP contribution < -0.4 is 16.0 Å². The minimum Gasteiger partial charge on any atom is -0.339 e. The Morgan fingerprint density at radius 2 is 2.11 bits per heavy atom. The molecule has 1 aliphatic carbocycles. The maximum absolute atomic E-state index is 13.9. The number of hydrogen-bond donors (Lipinski definition) is 2. The van der Waals surface area contributed by atoms with Crippen LogP contribution in [0.25, 0.3) is 0 Å². The third-order valence-electron chi connectivity index (χ3n) is 4.98. The van der Waals surface area contributed by atoms with E-state index in [-0.39, 0.29) is 18.5 Å². The summed E-state index contributed by atoms with van der Waals surface area (Å²) < 4.78 is 32.1. The molecule has 1 saturated heterocycles. The molecule has 1 aromatic carbocycles. The van der Waals surface area contributed by atoms with Gasteiger partial charge in [-0.2, -0.15) is 4.98 Å². The Kier molecular flexibility index (Phi) is 4.14. The molecule has 142 valence electrons. The van der Waals surface area contributed by atoms with Crippen LogP contribution in [0.5, 0.6) is 0 Å². The molecule has 2 heterocycles. The molecule has 1 saturated carbocycles. The van der Waals surface area contributed by atoms with Crippen LogP contribution in [0.15, 0.2) is 22.7 Å². The molecule has 1 aliphatic heterocycles. The van der Waals surface area contributed by atoms with Gasteiger partial charge in [-0.15, -0.1) is 0 Å². The molecule has 2 aliphatic rings. The van der Waals surface area contributed by atoms with Gasteiger partial charge < -0.3 is 15.6 Å². The van der Waals surface area contributed by atoms with Crippen molar-refractivity contribution in [3.05, 3.63) is 41.5 Å². The van der Waals surface area contributed by atoms with Crippen molar-refractivity contribution in [1.29, 1.82) is 0 Å². The van der Waals surface area contributed by atoms with Gasteiger partial charge in [0, 0.05) is 12.5 Å². The smallest absolute Gasteiger partial charge is 0.329 e. The number of aryl methyl sites for hydroxylation is 1. The number of imide groups is 1. The average molecular weight is 377 g/mol. The van der Waals surface area contributed by atoms with Crippen LogP contribution in [-0.4, -0.2) is 28.1 Å². The molecule has 10 heteroatoms.